The van der Waals surface area contributed by atoms with E-state index in [0.717, 1.165) is 29.3 Å². The fourth-order valence-electron chi connectivity index (χ4n) is 4.40. The zero-order valence-electron chi connectivity index (χ0n) is 18.6. The van der Waals surface area contributed by atoms with Gasteiger partial charge in [0.2, 0.25) is 10.8 Å². The number of hydrogen-bond donors (Lipinski definition) is 1. The molecule has 2 aromatic carbocycles. The highest BCUT2D eigenvalue weighted by molar-refractivity contribution is 7.17. The van der Waals surface area contributed by atoms with Gasteiger partial charge < -0.3 is 14.7 Å². The number of aromatic hydroxyl groups is 1. The lowest BCUT2D eigenvalue weighted by molar-refractivity contribution is 0.210. The predicted octanol–water partition coefficient (Wildman–Crippen LogP) is 4.25. The Hall–Kier alpha value is -3.17. The highest BCUT2D eigenvalue weighted by Gasteiger charge is 2.32. The molecule has 0 saturated carbocycles. The summed E-state index contributed by atoms with van der Waals surface area (Å²) >= 11 is 1.45. The maximum Gasteiger partial charge on any atom is 0.230 e. The van der Waals surface area contributed by atoms with Gasteiger partial charge in [0.15, 0.2) is 0 Å². The summed E-state index contributed by atoms with van der Waals surface area (Å²) < 4.78 is 21.4. The molecule has 0 bridgehead atoms. The number of benzene rings is 2. The summed E-state index contributed by atoms with van der Waals surface area (Å²) in [5, 5.41) is 15.4. The summed E-state index contributed by atoms with van der Waals surface area (Å²) in [5.41, 5.74) is 1.68. The molecule has 0 aliphatic carbocycles. The molecule has 0 radical (unpaired) electrons. The Morgan fingerprint density at radius 1 is 1.09 bits per heavy atom. The quantitative estimate of drug-likeness (QED) is 0.457. The van der Waals surface area contributed by atoms with Crippen molar-refractivity contribution >= 4 is 22.0 Å². The van der Waals surface area contributed by atoms with E-state index in [0.29, 0.717) is 36.2 Å². The largest absolute Gasteiger partial charge is 0.494 e. The van der Waals surface area contributed by atoms with Crippen molar-refractivity contribution in [1.29, 1.82) is 0 Å². The average Bonchev–Trinajstić information content (AvgIpc) is 3.33. The Balaban J connectivity index is 1.47. The van der Waals surface area contributed by atoms with E-state index in [9.17, 15) is 9.50 Å². The first-order valence-corrected chi connectivity index (χ1v) is 11.9. The van der Waals surface area contributed by atoms with Gasteiger partial charge in [0.05, 0.1) is 23.2 Å². The van der Waals surface area contributed by atoms with Crippen molar-refractivity contribution in [2.45, 2.75) is 19.9 Å². The molecule has 1 saturated heterocycles. The van der Waals surface area contributed by atoms with Gasteiger partial charge >= 0.3 is 0 Å². The van der Waals surface area contributed by atoms with Crippen LogP contribution in [0.5, 0.6) is 11.6 Å². The number of aryl methyl sites for hydroxylation is 1. The van der Waals surface area contributed by atoms with Crippen molar-refractivity contribution in [3.63, 3.8) is 0 Å². The van der Waals surface area contributed by atoms with Crippen molar-refractivity contribution in [1.82, 2.24) is 19.5 Å². The minimum absolute atomic E-state index is 0.117. The van der Waals surface area contributed by atoms with E-state index in [2.05, 4.69) is 19.9 Å². The molecular formula is C24H26FN5O2S. The van der Waals surface area contributed by atoms with E-state index in [4.69, 9.17) is 4.74 Å². The maximum absolute atomic E-state index is 14.3. The van der Waals surface area contributed by atoms with Crippen molar-refractivity contribution in [2.75, 3.05) is 37.7 Å². The van der Waals surface area contributed by atoms with Gasteiger partial charge in [-0.1, -0.05) is 35.6 Å². The Morgan fingerprint density at radius 2 is 1.82 bits per heavy atom. The number of para-hydroxylation sites is 1. The normalized spacial score (nSPS) is 15.8. The first kappa shape index (κ1) is 21.7. The molecule has 2 aromatic heterocycles. The lowest BCUT2D eigenvalue weighted by Crippen LogP contribution is -2.48. The smallest absolute Gasteiger partial charge is 0.230 e. The third kappa shape index (κ3) is 4.14. The van der Waals surface area contributed by atoms with Gasteiger partial charge in [-0.2, -0.15) is 4.52 Å². The Kier molecular flexibility index (Phi) is 5.90. The number of ether oxygens (including phenoxy) is 1. The van der Waals surface area contributed by atoms with Crippen molar-refractivity contribution in [3.05, 3.63) is 70.6 Å². The molecule has 1 aliphatic heterocycles. The molecular weight excluding hydrogens is 441 g/mol. The van der Waals surface area contributed by atoms with Gasteiger partial charge in [0.1, 0.15) is 17.4 Å². The van der Waals surface area contributed by atoms with E-state index in [1.807, 2.05) is 50.2 Å². The van der Waals surface area contributed by atoms with E-state index in [1.54, 1.807) is 6.07 Å². The zero-order chi connectivity index (χ0) is 22.9. The molecule has 3 heterocycles. The summed E-state index contributed by atoms with van der Waals surface area (Å²) in [6.07, 6.45) is 0. The number of fused-ring (bicyclic) bond motifs is 1. The van der Waals surface area contributed by atoms with Crippen LogP contribution in [0.25, 0.3) is 4.96 Å². The minimum Gasteiger partial charge on any atom is -0.494 e. The number of thiazole rings is 1. The standard InChI is InChI=1S/C24H26FN5O2S/c1-3-32-18-10-8-17(9-11-18)21(22-23(31)30-24(33-22)26-16(2)27-30)29-14-12-28(13-15-29)20-7-5-4-6-19(20)25/h4-11,21,31H,3,12-15H2,1-2H3. The summed E-state index contributed by atoms with van der Waals surface area (Å²) in [5.74, 6) is 1.35. The van der Waals surface area contributed by atoms with Crippen LogP contribution < -0.4 is 9.64 Å². The summed E-state index contributed by atoms with van der Waals surface area (Å²) in [7, 11) is 0. The number of rotatable bonds is 6. The van der Waals surface area contributed by atoms with Crippen LogP contribution in [0.3, 0.4) is 0 Å². The maximum atomic E-state index is 14.3. The van der Waals surface area contributed by atoms with Crippen LogP contribution in [0.4, 0.5) is 10.1 Å². The van der Waals surface area contributed by atoms with Gasteiger partial charge in [-0.15, -0.1) is 5.10 Å². The molecule has 1 atom stereocenters. The number of aromatic nitrogens is 3. The van der Waals surface area contributed by atoms with Crippen LogP contribution in [-0.4, -0.2) is 57.4 Å². The number of anilines is 1. The molecule has 33 heavy (non-hydrogen) atoms. The van der Waals surface area contributed by atoms with E-state index < -0.39 is 0 Å². The van der Waals surface area contributed by atoms with E-state index in [1.165, 1.54) is 21.9 Å². The van der Waals surface area contributed by atoms with Crippen LogP contribution >= 0.6 is 11.3 Å². The Labute approximate surface area is 195 Å². The van der Waals surface area contributed by atoms with Gasteiger partial charge in [-0.25, -0.2) is 9.37 Å². The molecule has 1 fully saturated rings. The van der Waals surface area contributed by atoms with Crippen LogP contribution in [0.1, 0.15) is 29.2 Å². The number of nitrogens with zero attached hydrogens (tertiary/aromatic N) is 5. The van der Waals surface area contributed by atoms with Gasteiger partial charge in [-0.05, 0) is 43.7 Å². The Bertz CT molecular complexity index is 1250. The third-order valence-electron chi connectivity index (χ3n) is 5.93. The topological polar surface area (TPSA) is 66.1 Å². The van der Waals surface area contributed by atoms with Gasteiger partial charge in [0, 0.05) is 26.2 Å². The summed E-state index contributed by atoms with van der Waals surface area (Å²) in [6.45, 7) is 7.19. The summed E-state index contributed by atoms with van der Waals surface area (Å²) in [6, 6.07) is 14.7. The van der Waals surface area contributed by atoms with Crippen molar-refractivity contribution < 1.29 is 14.2 Å². The number of halogens is 1. The first-order chi connectivity index (χ1) is 16.0. The van der Waals surface area contributed by atoms with Gasteiger partial charge in [0.25, 0.3) is 0 Å². The first-order valence-electron chi connectivity index (χ1n) is 11.1. The highest BCUT2D eigenvalue weighted by atomic mass is 32.1. The van der Waals surface area contributed by atoms with Crippen LogP contribution in [0, 0.1) is 12.7 Å². The lowest BCUT2D eigenvalue weighted by atomic mass is 10.0. The van der Waals surface area contributed by atoms with Crippen LogP contribution in [0.2, 0.25) is 0 Å². The molecule has 1 unspecified atom stereocenters. The second-order valence-corrected chi connectivity index (χ2v) is 9.03. The molecule has 0 spiro atoms. The Morgan fingerprint density at radius 3 is 2.48 bits per heavy atom. The molecule has 7 nitrogen and oxygen atoms in total. The molecule has 0 amide bonds. The van der Waals surface area contributed by atoms with E-state index in [-0.39, 0.29) is 17.7 Å². The van der Waals surface area contributed by atoms with Crippen molar-refractivity contribution in [3.8, 4) is 11.6 Å². The predicted molar refractivity (Wildman–Crippen MR) is 127 cm³/mol. The molecule has 4 aromatic rings. The number of hydrogen-bond acceptors (Lipinski definition) is 7. The lowest BCUT2D eigenvalue weighted by Gasteiger charge is -2.40. The molecule has 1 N–H and O–H groups in total. The summed E-state index contributed by atoms with van der Waals surface area (Å²) in [4.78, 5) is 10.3. The van der Waals surface area contributed by atoms with Crippen LogP contribution in [0.15, 0.2) is 48.5 Å². The molecule has 1 aliphatic rings. The van der Waals surface area contributed by atoms with Crippen LogP contribution in [-0.2, 0) is 0 Å². The third-order valence-corrected chi connectivity index (χ3v) is 7.01. The van der Waals surface area contributed by atoms with E-state index >= 15 is 0 Å². The molecule has 9 heteroatoms. The monoisotopic (exact) mass is 467 g/mol. The SMILES string of the molecule is CCOc1ccc(C(c2sc3nc(C)nn3c2O)N2CCN(c3ccccc3F)CC2)cc1. The van der Waals surface area contributed by atoms with Crippen molar-refractivity contribution in [2.24, 2.45) is 0 Å². The molecule has 5 rings (SSSR count). The number of piperazine rings is 1. The zero-order valence-corrected chi connectivity index (χ0v) is 19.4. The average molecular weight is 468 g/mol. The fraction of sp³-hybridized carbons (Fsp3) is 0.333. The second-order valence-electron chi connectivity index (χ2n) is 8.02. The second kappa shape index (κ2) is 8.99. The highest BCUT2D eigenvalue weighted by Crippen LogP contribution is 2.40. The fourth-order valence-corrected chi connectivity index (χ4v) is 5.56. The molecule has 172 valence electrons. The minimum atomic E-state index is -0.201. The van der Waals surface area contributed by atoms with Gasteiger partial charge in [-0.3, -0.25) is 4.90 Å².